The number of unbranched alkanes of at least 4 members (excludes halogenated alkanes) is 3. The average molecular weight is 363 g/mol. The first kappa shape index (κ1) is 19.2. The molecule has 0 aromatic carbocycles. The van der Waals surface area contributed by atoms with Gasteiger partial charge in [-0.25, -0.2) is 4.98 Å². The maximum atomic E-state index is 12.6. The molecule has 3 nitrogen and oxygen atoms in total. The van der Waals surface area contributed by atoms with Crippen LogP contribution in [-0.2, 0) is 0 Å². The number of thioether (sulfide) groups is 1. The second-order valence-electron chi connectivity index (χ2n) is 6.18. The second-order valence-corrected chi connectivity index (χ2v) is 8.21. The van der Waals surface area contributed by atoms with Crippen LogP contribution in [0.4, 0.5) is 0 Å². The van der Waals surface area contributed by atoms with Gasteiger partial charge in [0.1, 0.15) is 5.03 Å². The summed E-state index contributed by atoms with van der Waals surface area (Å²) in [5.41, 5.74) is 1.70. The highest BCUT2D eigenvalue weighted by Gasteiger charge is 2.16. The van der Waals surface area contributed by atoms with Crippen molar-refractivity contribution >= 4 is 28.9 Å². The number of ketones is 1. The van der Waals surface area contributed by atoms with Gasteiger partial charge in [0.05, 0.1) is 10.4 Å². The Kier molecular flexibility index (Phi) is 7.95. The summed E-state index contributed by atoms with van der Waals surface area (Å²) in [6, 6.07) is 7.64. The molecule has 2 heterocycles. The van der Waals surface area contributed by atoms with Crippen molar-refractivity contribution in [3.8, 4) is 0 Å². The number of nitrogens with zero attached hydrogens (tertiary/aromatic N) is 2. The van der Waals surface area contributed by atoms with Gasteiger partial charge in [-0.3, -0.25) is 4.79 Å². The molecule has 2 rings (SSSR count). The molecule has 0 saturated heterocycles. The van der Waals surface area contributed by atoms with Crippen molar-refractivity contribution in [2.24, 2.45) is 0 Å². The van der Waals surface area contributed by atoms with Crippen LogP contribution in [0.15, 0.2) is 34.7 Å². The zero-order valence-electron chi connectivity index (χ0n) is 14.7. The van der Waals surface area contributed by atoms with E-state index in [1.807, 2.05) is 36.6 Å². The fraction of sp³-hybridized carbons (Fsp3) is 0.474. The van der Waals surface area contributed by atoms with Crippen LogP contribution in [0.25, 0.3) is 0 Å². The Balaban J connectivity index is 1.88. The van der Waals surface area contributed by atoms with Crippen molar-refractivity contribution in [2.45, 2.75) is 37.6 Å². The largest absolute Gasteiger partial charge is 0.309 e. The SMILES string of the molecule is Cc1ccc(C(=O)c2cccs2)c(SCCCCCCN(C)C)n1. The Hall–Kier alpha value is -1.17. The standard InChI is InChI=1S/C19H26N2OS2/c1-15-10-11-16(18(22)17-9-8-14-23-17)19(20-15)24-13-7-5-4-6-12-21(2)3/h8-11,14H,4-7,12-13H2,1-3H3. The molecule has 2 aromatic heterocycles. The molecular formula is C19H26N2OS2. The first-order valence-electron chi connectivity index (χ1n) is 8.41. The van der Waals surface area contributed by atoms with Crippen LogP contribution in [0, 0.1) is 6.92 Å². The Labute approximate surface area is 153 Å². The van der Waals surface area contributed by atoms with E-state index in [0.29, 0.717) is 0 Å². The van der Waals surface area contributed by atoms with Crippen LogP contribution in [0.1, 0.15) is 46.6 Å². The number of rotatable bonds is 10. The van der Waals surface area contributed by atoms with Gasteiger partial charge in [-0.15, -0.1) is 23.1 Å². The second kappa shape index (κ2) is 9.97. The highest BCUT2D eigenvalue weighted by molar-refractivity contribution is 7.99. The fourth-order valence-electron chi connectivity index (χ4n) is 2.41. The van der Waals surface area contributed by atoms with Gasteiger partial charge < -0.3 is 4.90 Å². The summed E-state index contributed by atoms with van der Waals surface area (Å²) in [6.45, 7) is 3.14. The molecule has 24 heavy (non-hydrogen) atoms. The third-order valence-electron chi connectivity index (χ3n) is 3.73. The van der Waals surface area contributed by atoms with Crippen LogP contribution in [0.3, 0.4) is 0 Å². The first-order valence-corrected chi connectivity index (χ1v) is 10.3. The average Bonchev–Trinajstić information content (AvgIpc) is 3.07. The van der Waals surface area contributed by atoms with Gasteiger partial charge in [-0.2, -0.15) is 0 Å². The minimum absolute atomic E-state index is 0.0889. The maximum Gasteiger partial charge on any atom is 0.205 e. The number of aromatic nitrogens is 1. The number of hydrogen-bond donors (Lipinski definition) is 0. The van der Waals surface area contributed by atoms with Gasteiger partial charge in [-0.05, 0) is 69.7 Å². The summed E-state index contributed by atoms with van der Waals surface area (Å²) in [6.07, 6.45) is 4.92. The van der Waals surface area contributed by atoms with Crippen molar-refractivity contribution in [3.05, 3.63) is 45.8 Å². The van der Waals surface area contributed by atoms with Crippen LogP contribution < -0.4 is 0 Å². The zero-order valence-corrected chi connectivity index (χ0v) is 16.4. The molecule has 0 aliphatic rings. The molecule has 0 fully saturated rings. The molecule has 0 unspecified atom stereocenters. The summed E-state index contributed by atoms with van der Waals surface area (Å²) in [5.74, 6) is 1.11. The number of aryl methyl sites for hydroxylation is 1. The van der Waals surface area contributed by atoms with E-state index in [1.165, 1.54) is 37.0 Å². The van der Waals surface area contributed by atoms with Gasteiger partial charge in [0.15, 0.2) is 0 Å². The number of pyridine rings is 1. The maximum absolute atomic E-state index is 12.6. The van der Waals surface area contributed by atoms with Crippen LogP contribution in [0.2, 0.25) is 0 Å². The van der Waals surface area contributed by atoms with Crippen molar-refractivity contribution in [2.75, 3.05) is 26.4 Å². The van der Waals surface area contributed by atoms with Crippen molar-refractivity contribution in [1.29, 1.82) is 0 Å². The quantitative estimate of drug-likeness (QED) is 0.342. The molecule has 2 aromatic rings. The van der Waals surface area contributed by atoms with Gasteiger partial charge >= 0.3 is 0 Å². The molecule has 0 N–H and O–H groups in total. The molecule has 0 saturated carbocycles. The first-order chi connectivity index (χ1) is 11.6. The number of thiophene rings is 1. The molecule has 0 radical (unpaired) electrons. The molecule has 0 bridgehead atoms. The lowest BCUT2D eigenvalue weighted by Crippen LogP contribution is -2.12. The number of carbonyl (C=O) groups is 1. The topological polar surface area (TPSA) is 33.2 Å². The molecule has 0 amide bonds. The van der Waals surface area contributed by atoms with E-state index in [2.05, 4.69) is 24.0 Å². The monoisotopic (exact) mass is 362 g/mol. The minimum Gasteiger partial charge on any atom is -0.309 e. The van der Waals surface area contributed by atoms with Gasteiger partial charge in [0, 0.05) is 5.69 Å². The lowest BCUT2D eigenvalue weighted by Gasteiger charge is -2.09. The molecule has 0 aliphatic heterocycles. The predicted octanol–water partition coefficient (Wildman–Crippen LogP) is 4.90. The van der Waals surface area contributed by atoms with Crippen molar-refractivity contribution < 1.29 is 4.79 Å². The van der Waals surface area contributed by atoms with E-state index < -0.39 is 0 Å². The third-order valence-corrected chi connectivity index (χ3v) is 5.67. The van der Waals surface area contributed by atoms with E-state index >= 15 is 0 Å². The van der Waals surface area contributed by atoms with E-state index in [4.69, 9.17) is 0 Å². The summed E-state index contributed by atoms with van der Waals surface area (Å²) in [5, 5.41) is 2.82. The third kappa shape index (κ3) is 6.04. The van der Waals surface area contributed by atoms with Gasteiger partial charge in [0.25, 0.3) is 0 Å². The van der Waals surface area contributed by atoms with Crippen LogP contribution in [-0.4, -0.2) is 42.1 Å². The molecule has 0 spiro atoms. The summed E-state index contributed by atoms with van der Waals surface area (Å²) in [7, 11) is 4.23. The molecule has 5 heteroatoms. The van der Waals surface area contributed by atoms with Gasteiger partial charge in [-0.1, -0.05) is 18.9 Å². The molecule has 0 atom stereocenters. The lowest BCUT2D eigenvalue weighted by atomic mass is 10.1. The van der Waals surface area contributed by atoms with E-state index in [1.54, 1.807) is 11.8 Å². The fourth-order valence-corrected chi connectivity index (χ4v) is 4.15. The molecular weight excluding hydrogens is 336 g/mol. The van der Waals surface area contributed by atoms with Crippen molar-refractivity contribution in [1.82, 2.24) is 9.88 Å². The minimum atomic E-state index is 0.0889. The summed E-state index contributed by atoms with van der Waals surface area (Å²) in [4.78, 5) is 20.2. The van der Waals surface area contributed by atoms with Crippen molar-refractivity contribution in [3.63, 3.8) is 0 Å². The highest BCUT2D eigenvalue weighted by Crippen LogP contribution is 2.26. The Morgan fingerprint density at radius 1 is 1.17 bits per heavy atom. The number of hydrogen-bond acceptors (Lipinski definition) is 5. The van der Waals surface area contributed by atoms with E-state index in [-0.39, 0.29) is 5.78 Å². The normalized spacial score (nSPS) is 11.2. The van der Waals surface area contributed by atoms with Crippen LogP contribution in [0.5, 0.6) is 0 Å². The number of carbonyl (C=O) groups excluding carboxylic acids is 1. The van der Waals surface area contributed by atoms with Crippen LogP contribution >= 0.6 is 23.1 Å². The van der Waals surface area contributed by atoms with E-state index in [9.17, 15) is 4.79 Å². The van der Waals surface area contributed by atoms with E-state index in [0.717, 1.165) is 33.5 Å². The Morgan fingerprint density at radius 2 is 1.96 bits per heavy atom. The zero-order chi connectivity index (χ0) is 17.4. The Bertz CT molecular complexity index is 639. The summed E-state index contributed by atoms with van der Waals surface area (Å²) < 4.78 is 0. The molecule has 130 valence electrons. The van der Waals surface area contributed by atoms with Gasteiger partial charge in [0.2, 0.25) is 5.78 Å². The smallest absolute Gasteiger partial charge is 0.205 e. The summed E-state index contributed by atoms with van der Waals surface area (Å²) >= 11 is 3.20. The molecule has 0 aliphatic carbocycles. The predicted molar refractivity (Wildman–Crippen MR) is 104 cm³/mol. The Morgan fingerprint density at radius 3 is 2.67 bits per heavy atom. The highest BCUT2D eigenvalue weighted by atomic mass is 32.2. The lowest BCUT2D eigenvalue weighted by molar-refractivity contribution is 0.103.